The average molecular weight is 352 g/mol. The Labute approximate surface area is 148 Å². The summed E-state index contributed by atoms with van der Waals surface area (Å²) in [4.78, 5) is 36.0. The lowest BCUT2D eigenvalue weighted by atomic mass is 10.1. The van der Waals surface area contributed by atoms with Gasteiger partial charge in [-0.3, -0.25) is 25.2 Å². The first kappa shape index (κ1) is 17.2. The molecule has 132 valence electrons. The minimum Gasteiger partial charge on any atom is -0.360 e. The van der Waals surface area contributed by atoms with E-state index in [1.165, 1.54) is 16.8 Å². The summed E-state index contributed by atoms with van der Waals surface area (Å²) in [6.07, 6.45) is 1.49. The number of amides is 2. The fourth-order valence-electron chi connectivity index (χ4n) is 2.41. The number of pyridine rings is 1. The van der Waals surface area contributed by atoms with E-state index < -0.39 is 11.8 Å². The number of nitrogens with one attached hydrogen (secondary N) is 2. The molecule has 2 aromatic heterocycles. The summed E-state index contributed by atoms with van der Waals surface area (Å²) in [7, 11) is 0. The highest BCUT2D eigenvalue weighted by Gasteiger charge is 2.21. The maximum Gasteiger partial charge on any atom is 0.275 e. The lowest BCUT2D eigenvalue weighted by molar-refractivity contribution is -0.122. The number of hydrogen-bond acceptors (Lipinski definition) is 5. The van der Waals surface area contributed by atoms with Crippen LogP contribution in [0.3, 0.4) is 0 Å². The number of rotatable bonds is 4. The SMILES string of the molecule is Cc1onc(-c2ccccc2)c1C(=O)NNC(=O)Cn1ccccc1=O. The molecular formula is C18H16N4O4. The van der Waals surface area contributed by atoms with Gasteiger partial charge in [-0.2, -0.15) is 0 Å². The molecular weight excluding hydrogens is 336 g/mol. The number of benzene rings is 1. The van der Waals surface area contributed by atoms with Crippen LogP contribution in [0.25, 0.3) is 11.3 Å². The Morgan fingerprint density at radius 2 is 1.81 bits per heavy atom. The molecule has 0 aliphatic heterocycles. The highest BCUT2D eigenvalue weighted by atomic mass is 16.5. The predicted molar refractivity (Wildman–Crippen MR) is 93.0 cm³/mol. The lowest BCUT2D eigenvalue weighted by Gasteiger charge is -2.09. The second-order valence-corrected chi connectivity index (χ2v) is 5.50. The zero-order valence-electron chi connectivity index (χ0n) is 13.9. The van der Waals surface area contributed by atoms with E-state index in [1.807, 2.05) is 18.2 Å². The second kappa shape index (κ2) is 7.47. The molecule has 8 nitrogen and oxygen atoms in total. The normalized spacial score (nSPS) is 10.3. The molecule has 1 aromatic carbocycles. The summed E-state index contributed by atoms with van der Waals surface area (Å²) in [5, 5.41) is 3.92. The number of carbonyl (C=O) groups is 2. The van der Waals surface area contributed by atoms with Gasteiger partial charge in [-0.25, -0.2) is 0 Å². The molecule has 2 amide bonds. The van der Waals surface area contributed by atoms with Crippen LogP contribution in [0.5, 0.6) is 0 Å². The summed E-state index contributed by atoms with van der Waals surface area (Å²) < 4.78 is 6.34. The fourth-order valence-corrected chi connectivity index (χ4v) is 2.41. The summed E-state index contributed by atoms with van der Waals surface area (Å²) >= 11 is 0. The van der Waals surface area contributed by atoms with Crippen molar-refractivity contribution in [2.75, 3.05) is 0 Å². The third kappa shape index (κ3) is 3.69. The van der Waals surface area contributed by atoms with Crippen molar-refractivity contribution >= 4 is 11.8 Å². The van der Waals surface area contributed by atoms with Crippen LogP contribution in [-0.4, -0.2) is 21.5 Å². The minimum atomic E-state index is -0.559. The van der Waals surface area contributed by atoms with Gasteiger partial charge in [0, 0.05) is 17.8 Å². The van der Waals surface area contributed by atoms with Crippen molar-refractivity contribution in [2.45, 2.75) is 13.5 Å². The van der Waals surface area contributed by atoms with Crippen molar-refractivity contribution < 1.29 is 14.1 Å². The molecule has 0 unspecified atom stereocenters. The average Bonchev–Trinajstić information content (AvgIpc) is 3.04. The third-order valence-electron chi connectivity index (χ3n) is 3.67. The standard InChI is InChI=1S/C18H16N4O4/c1-12-16(17(21-26-12)13-7-3-2-4-8-13)18(25)20-19-14(23)11-22-10-6-5-9-15(22)24/h2-10H,11H2,1H3,(H,19,23)(H,20,25). The highest BCUT2D eigenvalue weighted by Crippen LogP contribution is 2.24. The molecule has 8 heteroatoms. The maximum atomic E-state index is 12.5. The van der Waals surface area contributed by atoms with Gasteiger partial charge in [0.05, 0.1) is 0 Å². The first-order chi connectivity index (χ1) is 12.6. The first-order valence-corrected chi connectivity index (χ1v) is 7.82. The molecule has 0 aliphatic rings. The molecule has 0 aliphatic carbocycles. The minimum absolute atomic E-state index is 0.214. The first-order valence-electron chi connectivity index (χ1n) is 7.82. The van der Waals surface area contributed by atoms with Gasteiger partial charge >= 0.3 is 0 Å². The Bertz CT molecular complexity index is 992. The lowest BCUT2D eigenvalue weighted by Crippen LogP contribution is -2.44. The van der Waals surface area contributed by atoms with Crippen LogP contribution < -0.4 is 16.4 Å². The van der Waals surface area contributed by atoms with E-state index in [4.69, 9.17) is 4.52 Å². The summed E-state index contributed by atoms with van der Waals surface area (Å²) in [6.45, 7) is 1.40. The smallest absolute Gasteiger partial charge is 0.275 e. The molecule has 2 N–H and O–H groups in total. The zero-order chi connectivity index (χ0) is 18.5. The number of nitrogens with zero attached hydrogens (tertiary/aromatic N) is 2. The van der Waals surface area contributed by atoms with E-state index >= 15 is 0 Å². The van der Waals surface area contributed by atoms with E-state index in [2.05, 4.69) is 16.0 Å². The highest BCUT2D eigenvalue weighted by molar-refractivity contribution is 6.01. The molecule has 0 saturated carbocycles. The second-order valence-electron chi connectivity index (χ2n) is 5.50. The quantitative estimate of drug-likeness (QED) is 0.688. The molecule has 0 bridgehead atoms. The Hall–Kier alpha value is -3.68. The predicted octanol–water partition coefficient (Wildman–Crippen LogP) is 1.27. The molecule has 0 saturated heterocycles. The van der Waals surface area contributed by atoms with E-state index in [-0.39, 0.29) is 17.7 Å². The van der Waals surface area contributed by atoms with Gasteiger partial charge in [0.25, 0.3) is 17.4 Å². The van der Waals surface area contributed by atoms with E-state index in [0.29, 0.717) is 11.5 Å². The third-order valence-corrected chi connectivity index (χ3v) is 3.67. The van der Waals surface area contributed by atoms with Crippen molar-refractivity contribution in [3.8, 4) is 11.3 Å². The van der Waals surface area contributed by atoms with E-state index in [9.17, 15) is 14.4 Å². The number of hydrazine groups is 1. The summed E-state index contributed by atoms with van der Waals surface area (Å²) in [5.74, 6) is -0.770. The molecule has 2 heterocycles. The number of carbonyl (C=O) groups excluding carboxylic acids is 2. The molecule has 3 aromatic rings. The molecule has 0 radical (unpaired) electrons. The molecule has 0 spiro atoms. The van der Waals surface area contributed by atoms with Crippen molar-refractivity contribution in [1.82, 2.24) is 20.6 Å². The van der Waals surface area contributed by atoms with Crippen molar-refractivity contribution in [2.24, 2.45) is 0 Å². The fraction of sp³-hybridized carbons (Fsp3) is 0.111. The van der Waals surface area contributed by atoms with Gasteiger partial charge in [0.2, 0.25) is 0 Å². The molecule has 3 rings (SSSR count). The van der Waals surface area contributed by atoms with Crippen molar-refractivity contribution in [3.63, 3.8) is 0 Å². The van der Waals surface area contributed by atoms with Crippen LogP contribution in [0.15, 0.2) is 64.0 Å². The Kier molecular flexibility index (Phi) is 4.93. The van der Waals surface area contributed by atoms with Crippen LogP contribution >= 0.6 is 0 Å². The van der Waals surface area contributed by atoms with Crippen molar-refractivity contribution in [3.05, 3.63) is 76.4 Å². The van der Waals surface area contributed by atoms with Gasteiger partial charge in [-0.1, -0.05) is 41.6 Å². The van der Waals surface area contributed by atoms with Crippen LogP contribution in [0.2, 0.25) is 0 Å². The molecule has 0 fully saturated rings. The van der Waals surface area contributed by atoms with E-state index in [1.54, 1.807) is 31.2 Å². The van der Waals surface area contributed by atoms with Gasteiger partial charge < -0.3 is 9.09 Å². The largest absolute Gasteiger partial charge is 0.360 e. The van der Waals surface area contributed by atoms with Crippen LogP contribution in [-0.2, 0) is 11.3 Å². The number of aromatic nitrogens is 2. The monoisotopic (exact) mass is 352 g/mol. The summed E-state index contributed by atoms with van der Waals surface area (Å²) in [5.41, 5.74) is 5.63. The van der Waals surface area contributed by atoms with Crippen molar-refractivity contribution in [1.29, 1.82) is 0 Å². The maximum absolute atomic E-state index is 12.5. The van der Waals surface area contributed by atoms with Gasteiger partial charge in [0.15, 0.2) is 0 Å². The Morgan fingerprint density at radius 1 is 1.08 bits per heavy atom. The topological polar surface area (TPSA) is 106 Å². The van der Waals surface area contributed by atoms with E-state index in [0.717, 1.165) is 5.56 Å². The molecule has 0 atom stereocenters. The van der Waals surface area contributed by atoms with Crippen LogP contribution in [0.4, 0.5) is 0 Å². The van der Waals surface area contributed by atoms with Gasteiger partial charge in [-0.15, -0.1) is 0 Å². The number of hydrogen-bond donors (Lipinski definition) is 2. The number of aryl methyl sites for hydroxylation is 1. The zero-order valence-corrected chi connectivity index (χ0v) is 13.9. The van der Waals surface area contributed by atoms with Crippen LogP contribution in [0, 0.1) is 6.92 Å². The Morgan fingerprint density at radius 3 is 2.54 bits per heavy atom. The van der Waals surface area contributed by atoms with Crippen LogP contribution in [0.1, 0.15) is 16.1 Å². The molecule has 26 heavy (non-hydrogen) atoms. The summed E-state index contributed by atoms with van der Waals surface area (Å²) in [6, 6.07) is 13.7. The Balaban J connectivity index is 1.69. The van der Waals surface area contributed by atoms with Gasteiger partial charge in [-0.05, 0) is 13.0 Å². The van der Waals surface area contributed by atoms with Gasteiger partial charge in [0.1, 0.15) is 23.6 Å².